The van der Waals surface area contributed by atoms with Crippen molar-refractivity contribution in [3.63, 3.8) is 0 Å². The predicted molar refractivity (Wildman–Crippen MR) is 107 cm³/mol. The molecule has 0 saturated carbocycles. The van der Waals surface area contributed by atoms with Gasteiger partial charge in [0.2, 0.25) is 11.7 Å². The van der Waals surface area contributed by atoms with Crippen molar-refractivity contribution in [1.29, 1.82) is 0 Å². The number of hydrogen-bond donors (Lipinski definition) is 1. The highest BCUT2D eigenvalue weighted by molar-refractivity contribution is 6.43. The fourth-order valence-corrected chi connectivity index (χ4v) is 4.47. The number of halogens is 2. The van der Waals surface area contributed by atoms with Crippen molar-refractivity contribution in [2.24, 2.45) is 5.92 Å². The van der Waals surface area contributed by atoms with Gasteiger partial charge >= 0.3 is 0 Å². The number of piperidine rings is 1. The quantitative estimate of drug-likeness (QED) is 0.530. The summed E-state index contributed by atoms with van der Waals surface area (Å²) in [5.74, 6) is -4.84. The lowest BCUT2D eigenvalue weighted by atomic mass is 9.81. The SMILES string of the molecule is CN1CCC(O)CN2C(=O)C(=O)C3C(=O)N(Cc4ccc(F)c(Cl)c4)CCC3=C2C1=O. The number of fused-ring (bicyclic) bond motifs is 2. The van der Waals surface area contributed by atoms with Gasteiger partial charge in [-0.15, -0.1) is 0 Å². The molecule has 4 rings (SSSR count). The van der Waals surface area contributed by atoms with Gasteiger partial charge in [-0.3, -0.25) is 24.1 Å². The van der Waals surface area contributed by atoms with E-state index in [-0.39, 0.29) is 43.2 Å². The maximum absolute atomic E-state index is 13.4. The highest BCUT2D eigenvalue weighted by Crippen LogP contribution is 2.36. The molecule has 0 radical (unpaired) electrons. The third-order valence-electron chi connectivity index (χ3n) is 5.95. The second-order valence-electron chi connectivity index (χ2n) is 8.01. The molecule has 1 aromatic carbocycles. The van der Waals surface area contributed by atoms with E-state index in [4.69, 9.17) is 11.6 Å². The summed E-state index contributed by atoms with van der Waals surface area (Å²) in [7, 11) is 1.55. The average Bonchev–Trinajstić information content (AvgIpc) is 2.73. The molecule has 1 N–H and O–H groups in total. The molecule has 0 aliphatic carbocycles. The fourth-order valence-electron chi connectivity index (χ4n) is 4.27. The summed E-state index contributed by atoms with van der Waals surface area (Å²) in [5, 5.41) is 10.1. The molecule has 10 heteroatoms. The number of Topliss-reactive ketones (excluding diaryl/α,β-unsaturated/α-hetero) is 1. The van der Waals surface area contributed by atoms with Crippen LogP contribution >= 0.6 is 11.6 Å². The van der Waals surface area contributed by atoms with Crippen molar-refractivity contribution in [1.82, 2.24) is 14.7 Å². The van der Waals surface area contributed by atoms with E-state index < -0.39 is 41.3 Å². The van der Waals surface area contributed by atoms with Gasteiger partial charge in [0.1, 0.15) is 17.4 Å². The number of amides is 3. The van der Waals surface area contributed by atoms with Crippen molar-refractivity contribution in [2.75, 3.05) is 26.7 Å². The second kappa shape index (κ2) is 8.05. The van der Waals surface area contributed by atoms with E-state index in [2.05, 4.69) is 0 Å². The summed E-state index contributed by atoms with van der Waals surface area (Å²) in [6.45, 7) is 0.443. The van der Waals surface area contributed by atoms with Crippen LogP contribution in [0.1, 0.15) is 18.4 Å². The first-order chi connectivity index (χ1) is 14.7. The molecule has 2 unspecified atom stereocenters. The maximum atomic E-state index is 13.4. The minimum absolute atomic E-state index is 0.0219. The number of likely N-dealkylation sites (tertiary alicyclic amines) is 1. The van der Waals surface area contributed by atoms with Gasteiger partial charge in [-0.25, -0.2) is 4.39 Å². The maximum Gasteiger partial charge on any atom is 0.295 e. The molecule has 164 valence electrons. The van der Waals surface area contributed by atoms with Gasteiger partial charge < -0.3 is 14.9 Å². The number of benzene rings is 1. The average molecular weight is 450 g/mol. The molecule has 0 spiro atoms. The van der Waals surface area contributed by atoms with Gasteiger partial charge in [0.25, 0.3) is 11.8 Å². The van der Waals surface area contributed by atoms with Gasteiger partial charge in [0, 0.05) is 26.7 Å². The Morgan fingerprint density at radius 1 is 1.16 bits per heavy atom. The minimum Gasteiger partial charge on any atom is -0.391 e. The van der Waals surface area contributed by atoms with Crippen LogP contribution in [0.5, 0.6) is 0 Å². The number of carbonyl (C=O) groups is 4. The summed E-state index contributed by atoms with van der Waals surface area (Å²) in [4.78, 5) is 55.7. The molecule has 3 amide bonds. The summed E-state index contributed by atoms with van der Waals surface area (Å²) in [6.07, 6.45) is -0.385. The van der Waals surface area contributed by atoms with Crippen LogP contribution in [0.4, 0.5) is 4.39 Å². The molecule has 0 bridgehead atoms. The predicted octanol–water partition coefficient (Wildman–Crippen LogP) is 0.716. The van der Waals surface area contributed by atoms with Crippen LogP contribution in [-0.2, 0) is 25.7 Å². The number of likely N-dealkylation sites (N-methyl/N-ethyl adjacent to an activating group) is 1. The number of nitrogens with zero attached hydrogens (tertiary/aromatic N) is 3. The summed E-state index contributed by atoms with van der Waals surface area (Å²) >= 11 is 5.81. The first-order valence-electron chi connectivity index (χ1n) is 9.94. The monoisotopic (exact) mass is 449 g/mol. The number of rotatable bonds is 2. The van der Waals surface area contributed by atoms with E-state index in [0.717, 1.165) is 4.90 Å². The van der Waals surface area contributed by atoms with Crippen molar-refractivity contribution < 1.29 is 28.7 Å². The van der Waals surface area contributed by atoms with Gasteiger partial charge in [-0.2, -0.15) is 0 Å². The third kappa shape index (κ3) is 3.72. The van der Waals surface area contributed by atoms with E-state index >= 15 is 0 Å². The largest absolute Gasteiger partial charge is 0.391 e. The molecule has 2 saturated heterocycles. The Kier molecular flexibility index (Phi) is 5.57. The molecule has 2 fully saturated rings. The zero-order chi connectivity index (χ0) is 22.4. The summed E-state index contributed by atoms with van der Waals surface area (Å²) in [6, 6.07) is 4.09. The van der Waals surface area contributed by atoms with Crippen molar-refractivity contribution >= 4 is 35.1 Å². The topological polar surface area (TPSA) is 98.2 Å². The summed E-state index contributed by atoms with van der Waals surface area (Å²) < 4.78 is 13.4. The lowest BCUT2D eigenvalue weighted by Gasteiger charge is -2.42. The molecule has 3 aliphatic rings. The first-order valence-corrected chi connectivity index (χ1v) is 10.3. The molecule has 8 nitrogen and oxygen atoms in total. The lowest BCUT2D eigenvalue weighted by Crippen LogP contribution is -2.58. The van der Waals surface area contributed by atoms with Crippen LogP contribution < -0.4 is 0 Å². The van der Waals surface area contributed by atoms with Gasteiger partial charge in [0.05, 0.1) is 17.7 Å². The molecule has 3 heterocycles. The van der Waals surface area contributed by atoms with Crippen LogP contribution in [-0.4, -0.2) is 76.1 Å². The van der Waals surface area contributed by atoms with Crippen LogP contribution in [0.25, 0.3) is 0 Å². The Bertz CT molecular complexity index is 1030. The number of ketones is 1. The Hall–Kier alpha value is -2.78. The highest BCUT2D eigenvalue weighted by atomic mass is 35.5. The van der Waals surface area contributed by atoms with Crippen LogP contribution in [0.3, 0.4) is 0 Å². The zero-order valence-electron chi connectivity index (χ0n) is 16.8. The Morgan fingerprint density at radius 2 is 1.90 bits per heavy atom. The number of aliphatic hydroxyl groups is 1. The first kappa shape index (κ1) is 21.5. The Balaban J connectivity index is 1.69. The minimum atomic E-state index is -1.36. The second-order valence-corrected chi connectivity index (χ2v) is 8.42. The number of hydrogen-bond acceptors (Lipinski definition) is 5. The van der Waals surface area contributed by atoms with E-state index in [1.807, 2.05) is 0 Å². The zero-order valence-corrected chi connectivity index (χ0v) is 17.6. The van der Waals surface area contributed by atoms with Gasteiger partial charge in [-0.05, 0) is 36.1 Å². The Morgan fingerprint density at radius 3 is 2.61 bits per heavy atom. The van der Waals surface area contributed by atoms with E-state index in [9.17, 15) is 28.7 Å². The fraction of sp³-hybridized carbons (Fsp3) is 0.429. The smallest absolute Gasteiger partial charge is 0.295 e. The molecule has 31 heavy (non-hydrogen) atoms. The normalized spacial score (nSPS) is 24.8. The Labute approximate surface area is 182 Å². The van der Waals surface area contributed by atoms with Crippen LogP contribution in [0.2, 0.25) is 5.02 Å². The highest BCUT2D eigenvalue weighted by Gasteiger charge is 2.50. The van der Waals surface area contributed by atoms with Crippen molar-refractivity contribution in [2.45, 2.75) is 25.5 Å². The summed E-state index contributed by atoms with van der Waals surface area (Å²) in [5.41, 5.74) is 0.916. The van der Waals surface area contributed by atoms with Gasteiger partial charge in [-0.1, -0.05) is 17.7 Å². The number of aliphatic hydroxyl groups excluding tert-OH is 1. The van der Waals surface area contributed by atoms with E-state index in [1.165, 1.54) is 28.0 Å². The molecular formula is C21H21ClFN3O5. The third-order valence-corrected chi connectivity index (χ3v) is 6.24. The van der Waals surface area contributed by atoms with Crippen LogP contribution in [0.15, 0.2) is 29.5 Å². The molecule has 0 aromatic heterocycles. The van der Waals surface area contributed by atoms with Crippen molar-refractivity contribution in [3.05, 3.63) is 45.9 Å². The van der Waals surface area contributed by atoms with Gasteiger partial charge in [0.15, 0.2) is 0 Å². The van der Waals surface area contributed by atoms with E-state index in [0.29, 0.717) is 17.7 Å². The van der Waals surface area contributed by atoms with Crippen molar-refractivity contribution in [3.8, 4) is 0 Å². The molecule has 1 aromatic rings. The standard InChI is InChI=1S/C21H21ClFN3O5/c1-24-6-4-12(27)10-26-17(20(24)30)13-5-7-25(19(29)16(13)18(28)21(26)31)9-11-2-3-15(23)14(22)8-11/h2-3,8,12,16,27H,4-7,9-10H2,1H3. The molecule has 2 atom stereocenters. The van der Waals surface area contributed by atoms with E-state index in [1.54, 1.807) is 7.05 Å². The number of carbonyl (C=O) groups excluding carboxylic acids is 4. The molecular weight excluding hydrogens is 429 g/mol. The van der Waals surface area contributed by atoms with Crippen LogP contribution in [0, 0.1) is 11.7 Å². The molecule has 3 aliphatic heterocycles. The lowest BCUT2D eigenvalue weighted by molar-refractivity contribution is -0.154.